The van der Waals surface area contributed by atoms with E-state index in [9.17, 15) is 0 Å². The van der Waals surface area contributed by atoms with Crippen LogP contribution in [0, 0.1) is 0 Å². The van der Waals surface area contributed by atoms with Crippen LogP contribution in [-0.4, -0.2) is 14.6 Å². The van der Waals surface area contributed by atoms with Crippen molar-refractivity contribution >= 4 is 5.65 Å². The first-order chi connectivity index (χ1) is 7.39. The van der Waals surface area contributed by atoms with Gasteiger partial charge in [-0.1, -0.05) is 34.6 Å². The molecule has 0 bridgehead atoms. The number of fused-ring (bicyclic) bond motifs is 1. The van der Waals surface area contributed by atoms with Crippen LogP contribution in [0.5, 0.6) is 0 Å². The summed E-state index contributed by atoms with van der Waals surface area (Å²) < 4.78 is 1.99. The second-order valence-electron chi connectivity index (χ2n) is 5.64. The number of rotatable bonds is 1. The van der Waals surface area contributed by atoms with E-state index in [0.717, 1.165) is 5.65 Å². The van der Waals surface area contributed by atoms with Crippen LogP contribution >= 0.6 is 0 Å². The number of hydrogen-bond acceptors (Lipinski definition) is 2. The highest BCUT2D eigenvalue weighted by Crippen LogP contribution is 2.30. The maximum Gasteiger partial charge on any atom is 0.160 e. The lowest BCUT2D eigenvalue weighted by molar-refractivity contribution is 0.573. The van der Waals surface area contributed by atoms with Crippen LogP contribution in [0.15, 0.2) is 18.6 Å². The van der Waals surface area contributed by atoms with E-state index in [1.807, 2.05) is 4.40 Å². The van der Waals surface area contributed by atoms with Gasteiger partial charge < -0.3 is 0 Å². The lowest BCUT2D eigenvalue weighted by atomic mass is 9.82. The van der Waals surface area contributed by atoms with Gasteiger partial charge in [0, 0.05) is 6.20 Å². The first-order valence-corrected chi connectivity index (χ1v) is 5.73. The zero-order valence-corrected chi connectivity index (χ0v) is 10.7. The Hall–Kier alpha value is -1.38. The van der Waals surface area contributed by atoms with Crippen LogP contribution < -0.4 is 0 Å². The first kappa shape index (κ1) is 11.1. The fourth-order valence-electron chi connectivity index (χ4n) is 1.99. The molecule has 3 heteroatoms. The molecule has 0 N–H and O–H groups in total. The van der Waals surface area contributed by atoms with Gasteiger partial charge in [0.1, 0.15) is 6.33 Å². The molecule has 0 unspecified atom stereocenters. The molecule has 3 nitrogen and oxygen atoms in total. The van der Waals surface area contributed by atoms with Crippen molar-refractivity contribution in [2.45, 2.75) is 46.0 Å². The molecule has 0 saturated heterocycles. The van der Waals surface area contributed by atoms with Crippen molar-refractivity contribution in [2.24, 2.45) is 0 Å². The predicted molar refractivity (Wildman–Crippen MR) is 65.8 cm³/mol. The third kappa shape index (κ3) is 1.82. The second-order valence-corrected chi connectivity index (χ2v) is 5.64. The third-order valence-electron chi connectivity index (χ3n) is 2.89. The molecule has 0 aliphatic carbocycles. The van der Waals surface area contributed by atoms with Crippen LogP contribution in [-0.2, 0) is 5.41 Å². The van der Waals surface area contributed by atoms with Gasteiger partial charge in [0.05, 0.1) is 0 Å². The van der Waals surface area contributed by atoms with E-state index in [4.69, 9.17) is 0 Å². The summed E-state index contributed by atoms with van der Waals surface area (Å²) in [5.74, 6) is 0.510. The summed E-state index contributed by atoms with van der Waals surface area (Å²) in [6, 6.07) is 2.15. The normalized spacial score (nSPS) is 12.6. The lowest BCUT2D eigenvalue weighted by Crippen LogP contribution is -2.16. The summed E-state index contributed by atoms with van der Waals surface area (Å²) >= 11 is 0. The number of hydrogen-bond donors (Lipinski definition) is 0. The van der Waals surface area contributed by atoms with E-state index in [-0.39, 0.29) is 5.41 Å². The van der Waals surface area contributed by atoms with Gasteiger partial charge in [-0.05, 0) is 28.5 Å². The smallest absolute Gasteiger partial charge is 0.160 e. The standard InChI is InChI=1S/C13H19N3/c1-9(2)10-6-12-15-14-8-16(12)7-11(10)13(3,4)5/h6-9H,1-5H3. The number of pyridine rings is 1. The van der Waals surface area contributed by atoms with Crippen molar-refractivity contribution < 1.29 is 0 Å². The molecule has 0 radical (unpaired) electrons. The molecule has 86 valence electrons. The van der Waals surface area contributed by atoms with Crippen molar-refractivity contribution in [1.29, 1.82) is 0 Å². The van der Waals surface area contributed by atoms with Crippen LogP contribution in [0.4, 0.5) is 0 Å². The Morgan fingerprint density at radius 3 is 2.50 bits per heavy atom. The summed E-state index contributed by atoms with van der Waals surface area (Å²) in [6.07, 6.45) is 3.92. The van der Waals surface area contributed by atoms with Crippen molar-refractivity contribution in [3.8, 4) is 0 Å². The van der Waals surface area contributed by atoms with Gasteiger partial charge >= 0.3 is 0 Å². The molecule has 0 saturated carbocycles. The molecule has 0 aliphatic rings. The Kier molecular flexibility index (Phi) is 2.49. The van der Waals surface area contributed by atoms with E-state index < -0.39 is 0 Å². The quantitative estimate of drug-likeness (QED) is 0.734. The van der Waals surface area contributed by atoms with Crippen LogP contribution in [0.25, 0.3) is 5.65 Å². The van der Waals surface area contributed by atoms with Gasteiger partial charge in [0.2, 0.25) is 0 Å². The van der Waals surface area contributed by atoms with Gasteiger partial charge in [-0.3, -0.25) is 4.40 Å². The summed E-state index contributed by atoms with van der Waals surface area (Å²) in [7, 11) is 0. The van der Waals surface area contributed by atoms with Crippen molar-refractivity contribution in [3.05, 3.63) is 29.7 Å². The average molecular weight is 217 g/mol. The highest BCUT2D eigenvalue weighted by molar-refractivity contribution is 5.46. The fourth-order valence-corrected chi connectivity index (χ4v) is 1.99. The third-order valence-corrected chi connectivity index (χ3v) is 2.89. The first-order valence-electron chi connectivity index (χ1n) is 5.73. The van der Waals surface area contributed by atoms with Gasteiger partial charge in [-0.15, -0.1) is 10.2 Å². The maximum absolute atomic E-state index is 4.10. The highest BCUT2D eigenvalue weighted by Gasteiger charge is 2.20. The molecular weight excluding hydrogens is 198 g/mol. The molecule has 0 aliphatic heterocycles. The maximum atomic E-state index is 4.10. The van der Waals surface area contributed by atoms with E-state index in [1.165, 1.54) is 11.1 Å². The van der Waals surface area contributed by atoms with E-state index >= 15 is 0 Å². The Labute approximate surface area is 96.5 Å². The highest BCUT2D eigenvalue weighted by atomic mass is 15.2. The van der Waals surface area contributed by atoms with Gasteiger partial charge in [0.25, 0.3) is 0 Å². The molecule has 16 heavy (non-hydrogen) atoms. The van der Waals surface area contributed by atoms with Crippen LogP contribution in [0.2, 0.25) is 0 Å². The zero-order chi connectivity index (χ0) is 11.9. The summed E-state index contributed by atoms with van der Waals surface area (Å²) in [5, 5.41) is 8.04. The summed E-state index contributed by atoms with van der Waals surface area (Å²) in [6.45, 7) is 11.2. The largest absolute Gasteiger partial charge is 0.289 e. The molecular formula is C13H19N3. The van der Waals surface area contributed by atoms with Crippen LogP contribution in [0.1, 0.15) is 51.7 Å². The van der Waals surface area contributed by atoms with Crippen molar-refractivity contribution in [1.82, 2.24) is 14.6 Å². The molecule has 0 atom stereocenters. The Balaban J connectivity index is 2.72. The minimum atomic E-state index is 0.151. The van der Waals surface area contributed by atoms with E-state index in [0.29, 0.717) is 5.92 Å². The predicted octanol–water partition coefficient (Wildman–Crippen LogP) is 3.15. The lowest BCUT2D eigenvalue weighted by Gasteiger charge is -2.24. The SMILES string of the molecule is CC(C)c1cc2nncn2cc1C(C)(C)C. The summed E-state index contributed by atoms with van der Waals surface area (Å²) in [4.78, 5) is 0. The zero-order valence-electron chi connectivity index (χ0n) is 10.7. The Morgan fingerprint density at radius 2 is 1.94 bits per heavy atom. The molecule has 0 amide bonds. The minimum Gasteiger partial charge on any atom is -0.289 e. The molecule has 0 fully saturated rings. The molecule has 0 aromatic carbocycles. The Bertz CT molecular complexity index is 503. The Morgan fingerprint density at radius 1 is 1.25 bits per heavy atom. The molecule has 2 aromatic rings. The van der Waals surface area contributed by atoms with Gasteiger partial charge in [-0.2, -0.15) is 0 Å². The van der Waals surface area contributed by atoms with Crippen molar-refractivity contribution in [2.75, 3.05) is 0 Å². The summed E-state index contributed by atoms with van der Waals surface area (Å²) in [5.41, 5.74) is 3.82. The fraction of sp³-hybridized carbons (Fsp3) is 0.538. The van der Waals surface area contributed by atoms with Crippen LogP contribution in [0.3, 0.4) is 0 Å². The topological polar surface area (TPSA) is 30.2 Å². The molecule has 2 rings (SSSR count). The molecule has 2 heterocycles. The molecule has 0 spiro atoms. The van der Waals surface area contributed by atoms with Gasteiger partial charge in [-0.25, -0.2) is 0 Å². The second kappa shape index (κ2) is 3.58. The van der Waals surface area contributed by atoms with E-state index in [2.05, 4.69) is 57.1 Å². The minimum absolute atomic E-state index is 0.151. The number of aromatic nitrogens is 3. The van der Waals surface area contributed by atoms with Crippen molar-refractivity contribution in [3.63, 3.8) is 0 Å². The monoisotopic (exact) mass is 217 g/mol. The number of nitrogens with zero attached hydrogens (tertiary/aromatic N) is 3. The molecule has 2 aromatic heterocycles. The average Bonchev–Trinajstić information content (AvgIpc) is 2.60. The van der Waals surface area contributed by atoms with Gasteiger partial charge in [0.15, 0.2) is 5.65 Å². The van der Waals surface area contributed by atoms with E-state index in [1.54, 1.807) is 6.33 Å².